The van der Waals surface area contributed by atoms with E-state index in [2.05, 4.69) is 24.7 Å². The fourth-order valence-corrected chi connectivity index (χ4v) is 2.66. The molecule has 1 N–H and O–H groups in total. The maximum atomic E-state index is 9.30. The molecule has 0 saturated heterocycles. The van der Waals surface area contributed by atoms with Crippen LogP contribution >= 0.6 is 0 Å². The van der Waals surface area contributed by atoms with Gasteiger partial charge in [0, 0.05) is 32.4 Å². The van der Waals surface area contributed by atoms with Crippen LogP contribution in [0.25, 0.3) is 0 Å². The molecule has 0 amide bonds. The monoisotopic (exact) mass is 268 g/mol. The minimum Gasteiger partial charge on any atom is -0.392 e. The molecule has 1 aliphatic carbocycles. The zero-order chi connectivity index (χ0) is 13.2. The third-order valence-corrected chi connectivity index (χ3v) is 4.93. The van der Waals surface area contributed by atoms with E-state index in [9.17, 15) is 5.11 Å². The molecule has 0 unspecified atom stereocenters. The van der Waals surface area contributed by atoms with E-state index in [0.29, 0.717) is 12.6 Å². The summed E-state index contributed by atoms with van der Waals surface area (Å²) in [7, 11) is -1.01. The summed E-state index contributed by atoms with van der Waals surface area (Å²) < 4.78 is 7.49. The van der Waals surface area contributed by atoms with Crippen molar-refractivity contribution in [1.82, 2.24) is 9.78 Å². The van der Waals surface area contributed by atoms with Crippen LogP contribution < -0.4 is 0 Å². The van der Waals surface area contributed by atoms with Gasteiger partial charge >= 0.3 is 0 Å². The Morgan fingerprint density at radius 1 is 1.44 bits per heavy atom. The summed E-state index contributed by atoms with van der Waals surface area (Å²) in [4.78, 5) is 0. The number of rotatable bonds is 7. The lowest BCUT2D eigenvalue weighted by atomic mass is 10.2. The second-order valence-electron chi connectivity index (χ2n) is 6.36. The van der Waals surface area contributed by atoms with Crippen LogP contribution in [-0.2, 0) is 18.1 Å². The highest BCUT2D eigenvalue weighted by Crippen LogP contribution is 2.40. The average Bonchev–Trinajstić information content (AvgIpc) is 3.05. The molecule has 1 heterocycles. The highest BCUT2D eigenvalue weighted by Gasteiger charge is 2.28. The summed E-state index contributed by atoms with van der Waals surface area (Å²) in [6, 6.07) is 1.18. The minimum atomic E-state index is -1.01. The Balaban J connectivity index is 1.82. The van der Waals surface area contributed by atoms with Gasteiger partial charge < -0.3 is 9.84 Å². The Labute approximate surface area is 110 Å². The van der Waals surface area contributed by atoms with E-state index in [1.165, 1.54) is 18.9 Å². The third-order valence-electron chi connectivity index (χ3n) is 3.22. The van der Waals surface area contributed by atoms with Crippen LogP contribution in [0, 0.1) is 0 Å². The Hall–Kier alpha value is -0.653. The molecule has 1 aromatic rings. The lowest BCUT2D eigenvalue weighted by Gasteiger charge is -2.15. The normalized spacial score (nSPS) is 16.2. The van der Waals surface area contributed by atoms with E-state index in [1.54, 1.807) is 0 Å². The van der Waals surface area contributed by atoms with Crippen LogP contribution in [0.15, 0.2) is 6.20 Å². The predicted molar refractivity (Wildman–Crippen MR) is 74.2 cm³/mol. The average molecular weight is 268 g/mol. The maximum absolute atomic E-state index is 9.30. The molecule has 1 saturated carbocycles. The molecule has 1 fully saturated rings. The van der Waals surface area contributed by atoms with Crippen molar-refractivity contribution in [2.75, 3.05) is 6.61 Å². The molecule has 0 bridgehead atoms. The molecule has 0 atom stereocenters. The first-order valence-electron chi connectivity index (χ1n) is 6.74. The van der Waals surface area contributed by atoms with Crippen molar-refractivity contribution in [2.45, 2.75) is 57.8 Å². The molecular weight excluding hydrogens is 244 g/mol. The molecule has 1 aliphatic rings. The van der Waals surface area contributed by atoms with E-state index < -0.39 is 8.07 Å². The van der Waals surface area contributed by atoms with Crippen LogP contribution in [0.1, 0.15) is 30.0 Å². The lowest BCUT2D eigenvalue weighted by molar-refractivity contribution is 0.0782. The Kier molecular flexibility index (Phi) is 4.24. The Morgan fingerprint density at radius 2 is 2.17 bits per heavy atom. The van der Waals surface area contributed by atoms with E-state index >= 15 is 0 Å². The zero-order valence-electron chi connectivity index (χ0n) is 11.6. The van der Waals surface area contributed by atoms with Gasteiger partial charge in [-0.15, -0.1) is 0 Å². The third kappa shape index (κ3) is 3.93. The van der Waals surface area contributed by atoms with Gasteiger partial charge in [-0.1, -0.05) is 19.6 Å². The molecule has 0 aliphatic heterocycles. The zero-order valence-corrected chi connectivity index (χ0v) is 12.6. The topological polar surface area (TPSA) is 47.3 Å². The van der Waals surface area contributed by atoms with Gasteiger partial charge in [0.15, 0.2) is 0 Å². The van der Waals surface area contributed by atoms with E-state index in [0.717, 1.165) is 17.9 Å². The maximum Gasteiger partial charge on any atom is 0.139 e. The summed E-state index contributed by atoms with van der Waals surface area (Å²) in [5, 5.41) is 13.8. The fourth-order valence-electron chi connectivity index (χ4n) is 1.90. The molecule has 0 aromatic carbocycles. The molecule has 18 heavy (non-hydrogen) atoms. The molecule has 0 spiro atoms. The van der Waals surface area contributed by atoms with Gasteiger partial charge in [0.2, 0.25) is 0 Å². The highest BCUT2D eigenvalue weighted by molar-refractivity contribution is 6.76. The number of hydrogen-bond acceptors (Lipinski definition) is 3. The summed E-state index contributed by atoms with van der Waals surface area (Å²) in [5.41, 5.74) is 2.04. The SMILES string of the molecule is C[Si](C)(C)CCOCn1cc(CO)c(C2CC2)n1. The summed E-state index contributed by atoms with van der Waals surface area (Å²) in [6.07, 6.45) is 4.34. The number of nitrogens with zero attached hydrogens (tertiary/aromatic N) is 2. The first-order valence-corrected chi connectivity index (χ1v) is 10.4. The molecule has 4 nitrogen and oxygen atoms in total. The van der Waals surface area contributed by atoms with Gasteiger partial charge in [-0.3, -0.25) is 0 Å². The fraction of sp³-hybridized carbons (Fsp3) is 0.769. The molecule has 1 aromatic heterocycles. The van der Waals surface area contributed by atoms with Crippen LogP contribution in [0.5, 0.6) is 0 Å². The summed E-state index contributed by atoms with van der Waals surface area (Å²) in [6.45, 7) is 8.44. The van der Waals surface area contributed by atoms with Gasteiger partial charge in [-0.2, -0.15) is 5.10 Å². The highest BCUT2D eigenvalue weighted by atomic mass is 28.3. The van der Waals surface area contributed by atoms with Gasteiger partial charge in [0.25, 0.3) is 0 Å². The number of aliphatic hydroxyl groups is 1. The summed E-state index contributed by atoms with van der Waals surface area (Å²) in [5.74, 6) is 0.579. The Bertz CT molecular complexity index is 394. The largest absolute Gasteiger partial charge is 0.392 e. The minimum absolute atomic E-state index is 0.0841. The second-order valence-corrected chi connectivity index (χ2v) is 12.0. The quantitative estimate of drug-likeness (QED) is 0.611. The second kappa shape index (κ2) is 5.55. The van der Waals surface area contributed by atoms with Gasteiger partial charge in [0.1, 0.15) is 6.73 Å². The Morgan fingerprint density at radius 3 is 2.72 bits per heavy atom. The van der Waals surface area contributed by atoms with E-state index in [4.69, 9.17) is 4.74 Å². The number of aromatic nitrogens is 2. The molecule has 2 rings (SSSR count). The lowest BCUT2D eigenvalue weighted by Crippen LogP contribution is -2.22. The van der Waals surface area contributed by atoms with Crippen LogP contribution in [0.4, 0.5) is 0 Å². The van der Waals surface area contributed by atoms with Crippen molar-refractivity contribution in [3.05, 3.63) is 17.5 Å². The van der Waals surface area contributed by atoms with Crippen LogP contribution in [0.3, 0.4) is 0 Å². The molecule has 0 radical (unpaired) electrons. The number of hydrogen-bond donors (Lipinski definition) is 1. The van der Waals surface area contributed by atoms with E-state index in [1.807, 2.05) is 10.9 Å². The van der Waals surface area contributed by atoms with Crippen molar-refractivity contribution >= 4 is 8.07 Å². The van der Waals surface area contributed by atoms with E-state index in [-0.39, 0.29) is 6.61 Å². The number of aliphatic hydroxyl groups excluding tert-OH is 1. The predicted octanol–water partition coefficient (Wildman–Crippen LogP) is 2.57. The van der Waals surface area contributed by atoms with Crippen LogP contribution in [-0.4, -0.2) is 29.6 Å². The first-order chi connectivity index (χ1) is 8.49. The molecular formula is C13H24N2O2Si. The van der Waals surface area contributed by atoms with Gasteiger partial charge in [0.05, 0.1) is 12.3 Å². The standard InChI is InChI=1S/C13H24N2O2Si/c1-18(2,3)7-6-17-10-15-8-12(9-16)13(14-15)11-4-5-11/h8,11,16H,4-7,9-10H2,1-3H3. The first kappa shape index (κ1) is 13.8. The van der Waals surface area contributed by atoms with Crippen LogP contribution in [0.2, 0.25) is 25.7 Å². The summed E-state index contributed by atoms with van der Waals surface area (Å²) >= 11 is 0. The van der Waals surface area contributed by atoms with Gasteiger partial charge in [-0.05, 0) is 18.9 Å². The van der Waals surface area contributed by atoms with Crippen molar-refractivity contribution < 1.29 is 9.84 Å². The smallest absolute Gasteiger partial charge is 0.139 e. The van der Waals surface area contributed by atoms with Gasteiger partial charge in [-0.25, -0.2) is 4.68 Å². The van der Waals surface area contributed by atoms with Crippen molar-refractivity contribution in [1.29, 1.82) is 0 Å². The number of ether oxygens (including phenoxy) is 1. The molecule has 5 heteroatoms. The van der Waals surface area contributed by atoms with Crippen molar-refractivity contribution in [3.8, 4) is 0 Å². The van der Waals surface area contributed by atoms with Crippen molar-refractivity contribution in [3.63, 3.8) is 0 Å². The molecule has 102 valence electrons. The van der Waals surface area contributed by atoms with Crippen molar-refractivity contribution in [2.24, 2.45) is 0 Å².